The predicted octanol–water partition coefficient (Wildman–Crippen LogP) is 1.73. The van der Waals surface area contributed by atoms with Crippen molar-refractivity contribution in [3.8, 4) is 0 Å². The predicted molar refractivity (Wildman–Crippen MR) is 90.9 cm³/mol. The number of rotatable bonds is 4. The third-order valence-electron chi connectivity index (χ3n) is 3.81. The number of carbonyl (C=O) groups excluding carboxylic acids is 2. The molecule has 0 saturated carbocycles. The highest BCUT2D eigenvalue weighted by molar-refractivity contribution is 5.73. The van der Waals surface area contributed by atoms with Crippen molar-refractivity contribution in [1.29, 1.82) is 0 Å². The molecule has 25 heavy (non-hydrogen) atoms. The molecule has 1 amide bonds. The number of nitrogens with two attached hydrogens (primary N) is 1. The van der Waals surface area contributed by atoms with Gasteiger partial charge in [-0.25, -0.2) is 4.79 Å². The Morgan fingerprint density at radius 3 is 2.60 bits per heavy atom. The fraction of sp³-hybridized carbons (Fsp3) is 0.588. The van der Waals surface area contributed by atoms with Crippen LogP contribution in [0.2, 0.25) is 0 Å². The van der Waals surface area contributed by atoms with Gasteiger partial charge in [-0.05, 0) is 39.7 Å². The fourth-order valence-corrected chi connectivity index (χ4v) is 2.46. The molecule has 1 aromatic rings. The molecule has 1 fully saturated rings. The normalized spacial score (nSPS) is 17.0. The third kappa shape index (κ3) is 5.99. The molecule has 1 unspecified atom stereocenters. The van der Waals surface area contributed by atoms with Crippen molar-refractivity contribution in [2.75, 3.05) is 13.1 Å². The van der Waals surface area contributed by atoms with Gasteiger partial charge in [-0.3, -0.25) is 9.78 Å². The van der Waals surface area contributed by atoms with Crippen LogP contribution < -0.4 is 11.2 Å². The van der Waals surface area contributed by atoms with Crippen molar-refractivity contribution in [3.63, 3.8) is 0 Å². The molecule has 1 saturated heterocycles. The molecule has 8 nitrogen and oxygen atoms in total. The zero-order valence-electron chi connectivity index (χ0n) is 14.9. The van der Waals surface area contributed by atoms with Crippen LogP contribution in [0.1, 0.15) is 45.3 Å². The summed E-state index contributed by atoms with van der Waals surface area (Å²) in [6.45, 7) is 6.40. The second-order valence-electron chi connectivity index (χ2n) is 7.04. The number of nitrogens with zero attached hydrogens (tertiary/aromatic N) is 2. The van der Waals surface area contributed by atoms with E-state index in [9.17, 15) is 9.59 Å². The summed E-state index contributed by atoms with van der Waals surface area (Å²) < 4.78 is 5.34. The van der Waals surface area contributed by atoms with Gasteiger partial charge < -0.3 is 20.2 Å². The zero-order valence-corrected chi connectivity index (χ0v) is 14.9. The number of amides is 1. The summed E-state index contributed by atoms with van der Waals surface area (Å²) in [6, 6.07) is 3.54. The maximum Gasteiger partial charge on any atom is 0.410 e. The van der Waals surface area contributed by atoms with E-state index in [0.29, 0.717) is 25.9 Å². The summed E-state index contributed by atoms with van der Waals surface area (Å²) in [7, 11) is 0. The van der Waals surface area contributed by atoms with E-state index < -0.39 is 11.8 Å². The molecule has 138 valence electrons. The second kappa shape index (κ2) is 8.26. The number of aromatic nitrogens is 1. The molecule has 0 spiro atoms. The lowest BCUT2D eigenvalue weighted by atomic mass is 9.97. The van der Waals surface area contributed by atoms with E-state index in [1.165, 1.54) is 0 Å². The number of piperidine rings is 1. The van der Waals surface area contributed by atoms with Gasteiger partial charge in [0.25, 0.3) is 0 Å². The Balaban J connectivity index is 1.75. The molecule has 3 N–H and O–H groups in total. The lowest BCUT2D eigenvalue weighted by molar-refractivity contribution is -0.159. The van der Waals surface area contributed by atoms with Gasteiger partial charge in [0.1, 0.15) is 11.8 Å². The molecule has 2 rings (SSSR count). The molecule has 1 aliphatic rings. The number of carbonyl (C=O) groups is 2. The summed E-state index contributed by atoms with van der Waals surface area (Å²) in [6.07, 6.45) is 3.31. The van der Waals surface area contributed by atoms with Crippen LogP contribution in [0, 0.1) is 5.92 Å². The molecule has 0 aliphatic carbocycles. The molecule has 0 radical (unpaired) electrons. The highest BCUT2D eigenvalue weighted by Crippen LogP contribution is 2.20. The summed E-state index contributed by atoms with van der Waals surface area (Å²) >= 11 is 0. The van der Waals surface area contributed by atoms with Crippen molar-refractivity contribution in [1.82, 2.24) is 15.4 Å². The van der Waals surface area contributed by atoms with Gasteiger partial charge in [-0.15, -0.1) is 5.48 Å². The van der Waals surface area contributed by atoms with Crippen molar-refractivity contribution in [2.24, 2.45) is 11.7 Å². The number of ether oxygens (including phenoxy) is 1. The van der Waals surface area contributed by atoms with Gasteiger partial charge in [0.2, 0.25) is 0 Å². The Morgan fingerprint density at radius 2 is 2.04 bits per heavy atom. The molecule has 1 atom stereocenters. The van der Waals surface area contributed by atoms with E-state index in [1.807, 2.05) is 20.8 Å². The Morgan fingerprint density at radius 1 is 1.36 bits per heavy atom. The average Bonchev–Trinajstić information content (AvgIpc) is 2.58. The average molecular weight is 350 g/mol. The summed E-state index contributed by atoms with van der Waals surface area (Å²) in [5, 5.41) is 0. The van der Waals surface area contributed by atoms with Crippen LogP contribution in [0.25, 0.3) is 0 Å². The number of pyridine rings is 1. The standard InChI is InChI=1S/C17H26N4O4/c1-17(2,3)24-16(23)21-9-6-12(7-10-21)15(22)25-20-14(18)13-5-4-8-19-11-13/h4-5,8,11-12,14,20H,6-7,9-10,18H2,1-3H3. The summed E-state index contributed by atoms with van der Waals surface area (Å²) in [5.74, 6) is -0.643. The number of hydroxylamine groups is 1. The molecule has 1 aromatic heterocycles. The van der Waals surface area contributed by atoms with Crippen molar-refractivity contribution in [3.05, 3.63) is 30.1 Å². The van der Waals surface area contributed by atoms with Crippen LogP contribution in [-0.2, 0) is 14.4 Å². The number of hydrogen-bond donors (Lipinski definition) is 2. The van der Waals surface area contributed by atoms with E-state index in [1.54, 1.807) is 29.4 Å². The van der Waals surface area contributed by atoms with Crippen LogP contribution >= 0.6 is 0 Å². The van der Waals surface area contributed by atoms with Gasteiger partial charge in [0.15, 0.2) is 0 Å². The minimum Gasteiger partial charge on any atom is -0.444 e. The Labute approximate surface area is 147 Å². The van der Waals surface area contributed by atoms with Crippen LogP contribution in [0.15, 0.2) is 24.5 Å². The lowest BCUT2D eigenvalue weighted by Gasteiger charge is -2.32. The van der Waals surface area contributed by atoms with Crippen LogP contribution in [0.4, 0.5) is 4.79 Å². The first-order valence-electron chi connectivity index (χ1n) is 8.36. The van der Waals surface area contributed by atoms with Crippen molar-refractivity contribution < 1.29 is 19.2 Å². The Hall–Kier alpha value is -2.19. The van der Waals surface area contributed by atoms with Crippen molar-refractivity contribution in [2.45, 2.75) is 45.4 Å². The van der Waals surface area contributed by atoms with E-state index >= 15 is 0 Å². The van der Waals surface area contributed by atoms with Crippen molar-refractivity contribution >= 4 is 12.1 Å². The highest BCUT2D eigenvalue weighted by atomic mass is 16.7. The Bertz CT molecular complexity index is 580. The monoisotopic (exact) mass is 350 g/mol. The molecule has 1 aliphatic heterocycles. The van der Waals surface area contributed by atoms with Crippen LogP contribution in [0.5, 0.6) is 0 Å². The Kier molecular flexibility index (Phi) is 6.33. The number of hydrogen-bond acceptors (Lipinski definition) is 7. The van der Waals surface area contributed by atoms with Gasteiger partial charge in [-0.2, -0.15) is 0 Å². The topological polar surface area (TPSA) is 107 Å². The van der Waals surface area contributed by atoms with E-state index in [4.69, 9.17) is 15.3 Å². The minimum atomic E-state index is -0.639. The fourth-order valence-electron chi connectivity index (χ4n) is 2.46. The van der Waals surface area contributed by atoms with Gasteiger partial charge in [-0.1, -0.05) is 6.07 Å². The highest BCUT2D eigenvalue weighted by Gasteiger charge is 2.31. The first-order valence-corrected chi connectivity index (χ1v) is 8.36. The largest absolute Gasteiger partial charge is 0.444 e. The number of nitrogens with one attached hydrogen (secondary N) is 1. The quantitative estimate of drug-likeness (QED) is 0.629. The maximum absolute atomic E-state index is 12.1. The third-order valence-corrected chi connectivity index (χ3v) is 3.81. The van der Waals surface area contributed by atoms with E-state index in [0.717, 1.165) is 5.56 Å². The molecular weight excluding hydrogens is 324 g/mol. The number of likely N-dealkylation sites (tertiary alicyclic amines) is 1. The molecule has 0 bridgehead atoms. The molecular formula is C17H26N4O4. The van der Waals surface area contributed by atoms with E-state index in [2.05, 4.69) is 10.5 Å². The SMILES string of the molecule is CC(C)(C)OC(=O)N1CCC(C(=O)ONC(N)c2cccnc2)CC1. The van der Waals surface area contributed by atoms with Gasteiger partial charge in [0, 0.05) is 31.0 Å². The maximum atomic E-state index is 12.1. The minimum absolute atomic E-state index is 0.271. The first kappa shape index (κ1) is 19.1. The van der Waals surface area contributed by atoms with Gasteiger partial charge in [0.05, 0.1) is 5.92 Å². The van der Waals surface area contributed by atoms with E-state index in [-0.39, 0.29) is 18.0 Å². The van der Waals surface area contributed by atoms with Crippen LogP contribution in [0.3, 0.4) is 0 Å². The molecule has 0 aromatic carbocycles. The molecule has 8 heteroatoms. The summed E-state index contributed by atoms with van der Waals surface area (Å²) in [4.78, 5) is 34.8. The lowest BCUT2D eigenvalue weighted by Crippen LogP contribution is -2.44. The summed E-state index contributed by atoms with van der Waals surface area (Å²) in [5.41, 5.74) is 8.63. The smallest absolute Gasteiger partial charge is 0.410 e. The first-order chi connectivity index (χ1) is 11.8. The zero-order chi connectivity index (χ0) is 18.4. The van der Waals surface area contributed by atoms with Gasteiger partial charge >= 0.3 is 12.1 Å². The van der Waals surface area contributed by atoms with Crippen LogP contribution in [-0.4, -0.2) is 40.6 Å². The molecule has 2 heterocycles. The second-order valence-corrected chi connectivity index (χ2v) is 7.04.